The fraction of sp³-hybridized carbons (Fsp3) is 0.857. The topological polar surface area (TPSA) is 87.8 Å². The molecule has 6 heteroatoms. The van der Waals surface area contributed by atoms with Gasteiger partial charge in [0, 0.05) is 17.8 Å². The lowest BCUT2D eigenvalue weighted by molar-refractivity contribution is -0.214. The van der Waals surface area contributed by atoms with Crippen LogP contribution in [0.2, 0.25) is 0 Å². The first kappa shape index (κ1) is 12.6. The first-order chi connectivity index (χ1) is 9.47. The summed E-state index contributed by atoms with van der Waals surface area (Å²) in [7, 11) is 0. The van der Waals surface area contributed by atoms with Gasteiger partial charge in [0.15, 0.2) is 0 Å². The minimum Gasteiger partial charge on any atom is -0.465 e. The van der Waals surface area contributed by atoms with E-state index in [1.807, 2.05) is 0 Å². The van der Waals surface area contributed by atoms with E-state index in [1.165, 1.54) is 6.92 Å². The molecular weight excluding hydrogens is 262 g/mol. The first-order valence-electron chi connectivity index (χ1n) is 7.14. The SMILES string of the molecule is CC(=O)OCC12CC3CC4(OCC(=O)ON)CC4(C1)C32. The fourth-order valence-corrected chi connectivity index (χ4v) is 5.83. The Morgan fingerprint density at radius 1 is 1.30 bits per heavy atom. The molecule has 0 radical (unpaired) electrons. The highest BCUT2D eigenvalue weighted by Crippen LogP contribution is 2.92. The first-order valence-corrected chi connectivity index (χ1v) is 7.14. The van der Waals surface area contributed by atoms with Crippen molar-refractivity contribution >= 4 is 11.9 Å². The Morgan fingerprint density at radius 2 is 2.10 bits per heavy atom. The molecule has 5 unspecified atom stereocenters. The van der Waals surface area contributed by atoms with Gasteiger partial charge in [0.25, 0.3) is 0 Å². The van der Waals surface area contributed by atoms with E-state index in [0.717, 1.165) is 25.7 Å². The number of hydrogen-bond donors (Lipinski definition) is 1. The summed E-state index contributed by atoms with van der Waals surface area (Å²) < 4.78 is 11.1. The molecule has 0 amide bonds. The smallest absolute Gasteiger partial charge is 0.350 e. The summed E-state index contributed by atoms with van der Waals surface area (Å²) >= 11 is 0. The third-order valence-electron chi connectivity index (χ3n) is 6.20. The molecule has 0 aromatic heterocycles. The van der Waals surface area contributed by atoms with Gasteiger partial charge in [-0.15, -0.1) is 0 Å². The monoisotopic (exact) mass is 281 g/mol. The maximum atomic E-state index is 11.1. The number of ether oxygens (including phenoxy) is 2. The predicted molar refractivity (Wildman–Crippen MR) is 65.9 cm³/mol. The van der Waals surface area contributed by atoms with E-state index in [9.17, 15) is 9.59 Å². The maximum absolute atomic E-state index is 11.1. The minimum atomic E-state index is -0.522. The van der Waals surface area contributed by atoms with Gasteiger partial charge in [0.05, 0.1) is 12.2 Å². The molecule has 0 aliphatic heterocycles. The van der Waals surface area contributed by atoms with Crippen molar-refractivity contribution in [3.05, 3.63) is 0 Å². The summed E-state index contributed by atoms with van der Waals surface area (Å²) in [6.07, 6.45) is 4.24. The molecule has 110 valence electrons. The third kappa shape index (κ3) is 1.27. The second kappa shape index (κ2) is 3.54. The lowest BCUT2D eigenvalue weighted by atomic mass is 9.39. The molecule has 4 aliphatic carbocycles. The van der Waals surface area contributed by atoms with E-state index < -0.39 is 5.97 Å². The zero-order valence-electron chi connectivity index (χ0n) is 11.5. The van der Waals surface area contributed by atoms with E-state index >= 15 is 0 Å². The zero-order chi connectivity index (χ0) is 14.2. The number of rotatable bonds is 5. The minimum absolute atomic E-state index is 0.0609. The predicted octanol–water partition coefficient (Wildman–Crippen LogP) is 0.542. The molecular formula is C14H19NO5. The lowest BCUT2D eigenvalue weighted by Crippen LogP contribution is -2.62. The molecule has 4 fully saturated rings. The summed E-state index contributed by atoms with van der Waals surface area (Å²) in [6, 6.07) is 0. The molecule has 0 heterocycles. The zero-order valence-corrected chi connectivity index (χ0v) is 11.5. The van der Waals surface area contributed by atoms with Crippen molar-refractivity contribution in [2.24, 2.45) is 28.6 Å². The fourth-order valence-electron chi connectivity index (χ4n) is 5.83. The van der Waals surface area contributed by atoms with Crippen LogP contribution in [0.5, 0.6) is 0 Å². The van der Waals surface area contributed by atoms with Crippen molar-refractivity contribution in [1.29, 1.82) is 0 Å². The molecule has 0 aromatic carbocycles. The van der Waals surface area contributed by atoms with Crippen molar-refractivity contribution in [1.82, 2.24) is 0 Å². The van der Waals surface area contributed by atoms with Gasteiger partial charge in [-0.1, -0.05) is 0 Å². The number of hydrogen-bond acceptors (Lipinski definition) is 6. The normalized spacial score (nSPS) is 49.3. The molecule has 20 heavy (non-hydrogen) atoms. The highest BCUT2D eigenvalue weighted by atomic mass is 16.7. The van der Waals surface area contributed by atoms with Crippen LogP contribution in [0.1, 0.15) is 32.6 Å². The van der Waals surface area contributed by atoms with Crippen LogP contribution in [0.25, 0.3) is 0 Å². The van der Waals surface area contributed by atoms with E-state index in [2.05, 4.69) is 4.84 Å². The van der Waals surface area contributed by atoms with Gasteiger partial charge in [-0.3, -0.25) is 4.79 Å². The van der Waals surface area contributed by atoms with Crippen LogP contribution in [0.4, 0.5) is 0 Å². The molecule has 0 bridgehead atoms. The molecule has 6 nitrogen and oxygen atoms in total. The average molecular weight is 281 g/mol. The Balaban J connectivity index is 1.42. The van der Waals surface area contributed by atoms with Crippen molar-refractivity contribution in [2.45, 2.75) is 38.2 Å². The summed E-state index contributed by atoms with van der Waals surface area (Å²) in [5.74, 6) is 5.39. The van der Waals surface area contributed by atoms with Crippen molar-refractivity contribution < 1.29 is 23.9 Å². The summed E-state index contributed by atoms with van der Waals surface area (Å²) in [5.41, 5.74) is 0.310. The molecule has 0 aromatic rings. The van der Waals surface area contributed by atoms with Crippen molar-refractivity contribution in [3.63, 3.8) is 0 Å². The molecule has 4 aliphatic rings. The molecule has 4 rings (SSSR count). The molecule has 2 N–H and O–H groups in total. The second-order valence-corrected chi connectivity index (χ2v) is 7.07. The maximum Gasteiger partial charge on any atom is 0.350 e. The van der Waals surface area contributed by atoms with Gasteiger partial charge >= 0.3 is 11.9 Å². The molecule has 5 atom stereocenters. The van der Waals surface area contributed by atoms with Crippen molar-refractivity contribution in [3.8, 4) is 0 Å². The standard InChI is InChI=1S/C14H19NO5/c1-8(16)18-7-12-2-9-3-14(19-4-10(17)20-15)6-13(14,5-12)11(9)12/h9,11H,2-7,15H2,1H3. The van der Waals surface area contributed by atoms with Crippen LogP contribution < -0.4 is 5.90 Å². The highest BCUT2D eigenvalue weighted by molar-refractivity contribution is 5.70. The van der Waals surface area contributed by atoms with Gasteiger partial charge in [0.2, 0.25) is 0 Å². The van der Waals surface area contributed by atoms with Crippen LogP contribution >= 0.6 is 0 Å². The highest BCUT2D eigenvalue weighted by Gasteiger charge is 2.91. The Labute approximate surface area is 116 Å². The van der Waals surface area contributed by atoms with Crippen molar-refractivity contribution in [2.75, 3.05) is 13.2 Å². The summed E-state index contributed by atoms with van der Waals surface area (Å²) in [6.45, 7) is 1.94. The quantitative estimate of drug-likeness (QED) is 0.584. The Hall–Kier alpha value is -1.14. The Bertz CT molecular complexity index is 508. The Kier molecular flexibility index (Phi) is 2.23. The van der Waals surface area contributed by atoms with Crippen LogP contribution in [0.3, 0.4) is 0 Å². The molecule has 0 saturated heterocycles. The van der Waals surface area contributed by atoms with Gasteiger partial charge in [-0.05, 0) is 37.5 Å². The summed E-state index contributed by atoms with van der Waals surface area (Å²) in [4.78, 5) is 26.3. The van der Waals surface area contributed by atoms with E-state index in [0.29, 0.717) is 18.4 Å². The number of nitrogens with two attached hydrogens (primary N) is 1. The van der Waals surface area contributed by atoms with Crippen LogP contribution in [-0.4, -0.2) is 30.8 Å². The number of carbonyl (C=O) groups is 2. The van der Waals surface area contributed by atoms with E-state index in [4.69, 9.17) is 15.4 Å². The van der Waals surface area contributed by atoms with Gasteiger partial charge in [0.1, 0.15) is 6.61 Å². The lowest BCUT2D eigenvalue weighted by Gasteiger charge is -2.65. The van der Waals surface area contributed by atoms with Gasteiger partial charge in [-0.2, -0.15) is 5.90 Å². The van der Waals surface area contributed by atoms with E-state index in [1.54, 1.807) is 0 Å². The van der Waals surface area contributed by atoms with Gasteiger partial charge in [-0.25, -0.2) is 4.79 Å². The van der Waals surface area contributed by atoms with Crippen LogP contribution in [0, 0.1) is 22.7 Å². The largest absolute Gasteiger partial charge is 0.465 e. The number of esters is 1. The second-order valence-electron chi connectivity index (χ2n) is 7.07. The molecule has 4 saturated carbocycles. The number of carbonyl (C=O) groups excluding carboxylic acids is 2. The molecule has 1 spiro atoms. The average Bonchev–Trinajstić information content (AvgIpc) is 2.97. The Morgan fingerprint density at radius 3 is 2.80 bits per heavy atom. The van der Waals surface area contributed by atoms with Gasteiger partial charge < -0.3 is 14.3 Å². The van der Waals surface area contributed by atoms with Crippen LogP contribution in [0.15, 0.2) is 0 Å². The summed E-state index contributed by atoms with van der Waals surface area (Å²) in [5, 5.41) is 0. The van der Waals surface area contributed by atoms with E-state index in [-0.39, 0.29) is 29.0 Å². The van der Waals surface area contributed by atoms with Crippen LogP contribution in [-0.2, 0) is 23.9 Å². The third-order valence-corrected chi connectivity index (χ3v) is 6.20.